The second-order valence-electron chi connectivity index (χ2n) is 6.27. The zero-order valence-corrected chi connectivity index (χ0v) is 14.0. The van der Waals surface area contributed by atoms with E-state index in [1.165, 1.54) is 19.2 Å². The molecule has 6 heteroatoms. The number of hydrogen-bond donors (Lipinski definition) is 2. The molecule has 1 aliphatic rings. The molecule has 1 amide bonds. The van der Waals surface area contributed by atoms with E-state index in [4.69, 9.17) is 5.26 Å². The van der Waals surface area contributed by atoms with E-state index in [-0.39, 0.29) is 11.9 Å². The summed E-state index contributed by atoms with van der Waals surface area (Å²) in [4.78, 5) is 20.7. The highest BCUT2D eigenvalue weighted by atomic mass is 16.1. The molecule has 1 aromatic heterocycles. The third kappa shape index (κ3) is 4.77. The molecule has 3 rings (SSSR count). The number of aromatic nitrogens is 2. The first-order valence-corrected chi connectivity index (χ1v) is 8.65. The Bertz CT molecular complexity index is 775. The zero-order chi connectivity index (χ0) is 17.5. The Kier molecular flexibility index (Phi) is 5.57. The summed E-state index contributed by atoms with van der Waals surface area (Å²) in [7, 11) is 0. The maximum Gasteiger partial charge on any atom is 0.270 e. The van der Waals surface area contributed by atoms with Crippen molar-refractivity contribution in [3.63, 3.8) is 0 Å². The molecule has 6 nitrogen and oxygen atoms in total. The lowest BCUT2D eigenvalue weighted by Crippen LogP contribution is -2.34. The molecule has 1 heterocycles. The Balaban J connectivity index is 1.68. The minimum atomic E-state index is -0.164. The molecule has 1 saturated carbocycles. The van der Waals surface area contributed by atoms with E-state index in [9.17, 15) is 4.79 Å². The van der Waals surface area contributed by atoms with Crippen molar-refractivity contribution in [1.29, 1.82) is 5.26 Å². The molecule has 1 fully saturated rings. The fourth-order valence-corrected chi connectivity index (χ4v) is 3.05. The van der Waals surface area contributed by atoms with Crippen molar-refractivity contribution in [3.8, 4) is 6.07 Å². The third-order valence-electron chi connectivity index (χ3n) is 4.35. The molecule has 2 aromatic rings. The van der Waals surface area contributed by atoms with Crippen LogP contribution in [0.5, 0.6) is 0 Å². The summed E-state index contributed by atoms with van der Waals surface area (Å²) in [6, 6.07) is 11.1. The van der Waals surface area contributed by atoms with Crippen molar-refractivity contribution in [2.75, 3.05) is 5.32 Å². The first kappa shape index (κ1) is 16.9. The Hall–Kier alpha value is -2.94. The van der Waals surface area contributed by atoms with Crippen molar-refractivity contribution >= 4 is 17.4 Å². The highest BCUT2D eigenvalue weighted by Gasteiger charge is 2.17. The van der Waals surface area contributed by atoms with Crippen molar-refractivity contribution in [2.24, 2.45) is 0 Å². The quantitative estimate of drug-likeness (QED) is 0.834. The van der Waals surface area contributed by atoms with Gasteiger partial charge in [-0.2, -0.15) is 5.26 Å². The van der Waals surface area contributed by atoms with Crippen LogP contribution in [0, 0.1) is 11.3 Å². The molecule has 0 atom stereocenters. The van der Waals surface area contributed by atoms with Gasteiger partial charge in [-0.3, -0.25) is 4.79 Å². The van der Waals surface area contributed by atoms with Crippen LogP contribution >= 0.6 is 0 Å². The van der Waals surface area contributed by atoms with Gasteiger partial charge in [-0.15, -0.1) is 0 Å². The molecule has 0 saturated heterocycles. The van der Waals surface area contributed by atoms with Gasteiger partial charge in [0.05, 0.1) is 11.6 Å². The van der Waals surface area contributed by atoms with E-state index in [1.54, 1.807) is 24.3 Å². The van der Waals surface area contributed by atoms with Crippen LogP contribution in [0.25, 0.3) is 0 Å². The third-order valence-corrected chi connectivity index (χ3v) is 4.35. The molecule has 0 bridgehead atoms. The van der Waals surface area contributed by atoms with Gasteiger partial charge in [0.2, 0.25) is 0 Å². The number of anilines is 2. The number of nitrogens with zero attached hydrogens (tertiary/aromatic N) is 3. The lowest BCUT2D eigenvalue weighted by atomic mass is 10.1. The van der Waals surface area contributed by atoms with Gasteiger partial charge in [0.1, 0.15) is 17.8 Å². The van der Waals surface area contributed by atoms with Crippen molar-refractivity contribution in [2.45, 2.75) is 44.6 Å². The first-order valence-electron chi connectivity index (χ1n) is 8.65. The van der Waals surface area contributed by atoms with Gasteiger partial charge in [0.15, 0.2) is 0 Å². The molecule has 0 spiro atoms. The van der Waals surface area contributed by atoms with Crippen molar-refractivity contribution in [1.82, 2.24) is 15.3 Å². The summed E-state index contributed by atoms with van der Waals surface area (Å²) >= 11 is 0. The van der Waals surface area contributed by atoms with Crippen LogP contribution in [0.3, 0.4) is 0 Å². The normalized spacial score (nSPS) is 15.0. The van der Waals surface area contributed by atoms with Gasteiger partial charge in [0, 0.05) is 17.8 Å². The molecule has 2 N–H and O–H groups in total. The summed E-state index contributed by atoms with van der Waals surface area (Å²) in [5.74, 6) is 0.360. The van der Waals surface area contributed by atoms with Crippen molar-refractivity contribution in [3.05, 3.63) is 47.9 Å². The number of carbonyl (C=O) groups is 1. The van der Waals surface area contributed by atoms with Crippen molar-refractivity contribution < 1.29 is 4.79 Å². The minimum absolute atomic E-state index is 0.164. The number of hydrogen-bond acceptors (Lipinski definition) is 5. The fourth-order valence-electron chi connectivity index (χ4n) is 3.05. The van der Waals surface area contributed by atoms with Gasteiger partial charge >= 0.3 is 0 Å². The van der Waals surface area contributed by atoms with Crippen LogP contribution in [0.1, 0.15) is 54.6 Å². The van der Waals surface area contributed by atoms with Gasteiger partial charge in [-0.05, 0) is 31.0 Å². The molecule has 128 valence electrons. The second-order valence-corrected chi connectivity index (χ2v) is 6.27. The minimum Gasteiger partial charge on any atom is -0.348 e. The summed E-state index contributed by atoms with van der Waals surface area (Å²) in [5, 5.41) is 15.2. The van der Waals surface area contributed by atoms with Crippen LogP contribution < -0.4 is 10.6 Å². The highest BCUT2D eigenvalue weighted by Crippen LogP contribution is 2.18. The molecule has 1 aliphatic carbocycles. The SMILES string of the molecule is N#Cc1cccc(Nc2cc(C(=O)NC3CCCCCC3)ncn2)c1. The van der Waals surface area contributed by atoms with Crippen LogP contribution in [0.15, 0.2) is 36.7 Å². The van der Waals surface area contributed by atoms with E-state index in [0.717, 1.165) is 31.4 Å². The van der Waals surface area contributed by atoms with Gasteiger partial charge in [-0.1, -0.05) is 31.7 Å². The number of amides is 1. The van der Waals surface area contributed by atoms with Gasteiger partial charge in [0.25, 0.3) is 5.91 Å². The van der Waals surface area contributed by atoms with E-state index in [0.29, 0.717) is 17.1 Å². The lowest BCUT2D eigenvalue weighted by molar-refractivity contribution is 0.0928. The second kappa shape index (κ2) is 8.25. The Labute approximate surface area is 147 Å². The Morgan fingerprint density at radius 1 is 1.12 bits per heavy atom. The lowest BCUT2D eigenvalue weighted by Gasteiger charge is -2.16. The fraction of sp³-hybridized carbons (Fsp3) is 0.368. The molecule has 1 aromatic carbocycles. The predicted molar refractivity (Wildman–Crippen MR) is 95.4 cm³/mol. The average Bonchev–Trinajstić information content (AvgIpc) is 2.91. The predicted octanol–water partition coefficient (Wildman–Crippen LogP) is 3.54. The molecule has 0 aliphatic heterocycles. The number of benzene rings is 1. The molecular weight excluding hydrogens is 314 g/mol. The van der Waals surface area contributed by atoms with Crippen LogP contribution in [-0.4, -0.2) is 21.9 Å². The summed E-state index contributed by atoms with van der Waals surface area (Å²) in [6.07, 6.45) is 8.25. The van der Waals surface area contributed by atoms with Crippen LogP contribution in [-0.2, 0) is 0 Å². The average molecular weight is 335 g/mol. The van der Waals surface area contributed by atoms with E-state index in [2.05, 4.69) is 26.7 Å². The Morgan fingerprint density at radius 3 is 2.68 bits per heavy atom. The van der Waals surface area contributed by atoms with Gasteiger partial charge < -0.3 is 10.6 Å². The smallest absolute Gasteiger partial charge is 0.270 e. The van der Waals surface area contributed by atoms with Crippen LogP contribution in [0.2, 0.25) is 0 Å². The van der Waals surface area contributed by atoms with E-state index in [1.807, 2.05) is 6.07 Å². The first-order chi connectivity index (χ1) is 12.2. The number of nitrogens with one attached hydrogen (secondary N) is 2. The standard InChI is InChI=1S/C19H21N5O/c20-12-14-6-5-9-16(10-14)23-18-11-17(21-13-22-18)19(25)24-15-7-3-1-2-4-8-15/h5-6,9-11,13,15H,1-4,7-8H2,(H,24,25)(H,21,22,23). The topological polar surface area (TPSA) is 90.7 Å². The summed E-state index contributed by atoms with van der Waals surface area (Å²) in [6.45, 7) is 0. The number of carbonyl (C=O) groups excluding carboxylic acids is 1. The largest absolute Gasteiger partial charge is 0.348 e. The van der Waals surface area contributed by atoms with Gasteiger partial charge in [-0.25, -0.2) is 9.97 Å². The maximum atomic E-state index is 12.5. The van der Waals surface area contributed by atoms with Crippen LogP contribution in [0.4, 0.5) is 11.5 Å². The Morgan fingerprint density at radius 2 is 1.92 bits per heavy atom. The zero-order valence-electron chi connectivity index (χ0n) is 14.0. The van der Waals surface area contributed by atoms with E-state index < -0.39 is 0 Å². The number of nitriles is 1. The summed E-state index contributed by atoms with van der Waals surface area (Å²) < 4.78 is 0. The monoisotopic (exact) mass is 335 g/mol. The molecule has 25 heavy (non-hydrogen) atoms. The molecule has 0 unspecified atom stereocenters. The molecule has 0 radical (unpaired) electrons. The summed E-state index contributed by atoms with van der Waals surface area (Å²) in [5.41, 5.74) is 1.65. The maximum absolute atomic E-state index is 12.5. The van der Waals surface area contributed by atoms with E-state index >= 15 is 0 Å². The molecular formula is C19H21N5O. The highest BCUT2D eigenvalue weighted by molar-refractivity contribution is 5.93. The number of rotatable bonds is 4.